The molecule has 0 saturated heterocycles. The van der Waals surface area contributed by atoms with E-state index in [0.717, 1.165) is 33.2 Å². The van der Waals surface area contributed by atoms with Gasteiger partial charge >= 0.3 is 0 Å². The zero-order valence-electron chi connectivity index (χ0n) is 16.2. The minimum Gasteiger partial charge on any atom is -0.253 e. The van der Waals surface area contributed by atoms with E-state index in [4.69, 9.17) is 4.98 Å². The number of hydrogen-bond acceptors (Lipinski definition) is 3. The molecule has 4 aromatic carbocycles. The van der Waals surface area contributed by atoms with Crippen LogP contribution >= 0.6 is 0 Å². The van der Waals surface area contributed by atoms with Gasteiger partial charge in [0, 0.05) is 23.3 Å². The third-order valence-electron chi connectivity index (χ3n) is 5.54. The second kappa shape index (κ2) is 6.75. The van der Waals surface area contributed by atoms with Gasteiger partial charge in [-0.3, -0.25) is 9.97 Å². The molecule has 0 saturated carbocycles. The van der Waals surface area contributed by atoms with E-state index in [9.17, 15) is 0 Å². The van der Waals surface area contributed by atoms with Crippen LogP contribution in [0.15, 0.2) is 103 Å². The third-order valence-corrected chi connectivity index (χ3v) is 5.54. The Kier molecular flexibility index (Phi) is 3.78. The van der Waals surface area contributed by atoms with Crippen molar-refractivity contribution in [3.63, 3.8) is 0 Å². The van der Waals surface area contributed by atoms with E-state index in [1.807, 2.05) is 12.1 Å². The summed E-state index contributed by atoms with van der Waals surface area (Å²) in [6.45, 7) is 0. The van der Waals surface area contributed by atoms with Crippen LogP contribution in [0.2, 0.25) is 0 Å². The van der Waals surface area contributed by atoms with Crippen molar-refractivity contribution in [3.05, 3.63) is 103 Å². The summed E-state index contributed by atoms with van der Waals surface area (Å²) < 4.78 is 0. The summed E-state index contributed by atoms with van der Waals surface area (Å²) in [5.74, 6) is 0. The highest BCUT2D eigenvalue weighted by Crippen LogP contribution is 2.29. The summed E-state index contributed by atoms with van der Waals surface area (Å²) in [5.41, 5.74) is 7.15. The van der Waals surface area contributed by atoms with Crippen LogP contribution in [0.4, 0.5) is 0 Å². The van der Waals surface area contributed by atoms with E-state index in [1.54, 1.807) is 12.4 Å². The Morgan fingerprint density at radius 1 is 0.433 bits per heavy atom. The van der Waals surface area contributed by atoms with Gasteiger partial charge in [0.25, 0.3) is 0 Å². The molecule has 2 heterocycles. The van der Waals surface area contributed by atoms with Gasteiger partial charge in [0.15, 0.2) is 0 Å². The van der Waals surface area contributed by atoms with Crippen LogP contribution in [-0.2, 0) is 0 Å². The molecular formula is C27H17N3. The Morgan fingerprint density at radius 3 is 2.00 bits per heavy atom. The fourth-order valence-electron chi connectivity index (χ4n) is 3.96. The number of fused-ring (bicyclic) bond motifs is 3. The molecule has 0 aliphatic heterocycles. The van der Waals surface area contributed by atoms with Gasteiger partial charge in [-0.05, 0) is 58.3 Å². The van der Waals surface area contributed by atoms with Crippen molar-refractivity contribution in [3.8, 4) is 22.4 Å². The van der Waals surface area contributed by atoms with Crippen LogP contribution in [0.3, 0.4) is 0 Å². The summed E-state index contributed by atoms with van der Waals surface area (Å²) in [6, 6.07) is 31.8. The summed E-state index contributed by atoms with van der Waals surface area (Å²) in [7, 11) is 0. The Balaban J connectivity index is 1.41. The Bertz CT molecular complexity index is 1430. The first-order valence-electron chi connectivity index (χ1n) is 9.95. The minimum absolute atomic E-state index is 0.878. The smallest absolute Gasteiger partial charge is 0.0893 e. The first kappa shape index (κ1) is 16.8. The lowest BCUT2D eigenvalue weighted by molar-refractivity contribution is 1.29. The van der Waals surface area contributed by atoms with Gasteiger partial charge in [-0.1, -0.05) is 54.6 Å². The van der Waals surface area contributed by atoms with Gasteiger partial charge in [0.05, 0.1) is 22.2 Å². The minimum atomic E-state index is 0.878. The lowest BCUT2D eigenvalue weighted by Crippen LogP contribution is -1.88. The topological polar surface area (TPSA) is 38.7 Å². The maximum atomic E-state index is 4.89. The molecule has 0 atom stereocenters. The molecule has 30 heavy (non-hydrogen) atoms. The van der Waals surface area contributed by atoms with E-state index >= 15 is 0 Å². The van der Waals surface area contributed by atoms with E-state index in [2.05, 4.69) is 88.8 Å². The van der Waals surface area contributed by atoms with Crippen LogP contribution in [0.25, 0.3) is 55.1 Å². The van der Waals surface area contributed by atoms with Gasteiger partial charge in [-0.15, -0.1) is 0 Å². The predicted molar refractivity (Wildman–Crippen MR) is 123 cm³/mol. The van der Waals surface area contributed by atoms with Crippen LogP contribution < -0.4 is 0 Å². The van der Waals surface area contributed by atoms with Gasteiger partial charge in [-0.25, -0.2) is 4.98 Å². The summed E-state index contributed by atoms with van der Waals surface area (Å²) in [4.78, 5) is 13.6. The molecule has 0 radical (unpaired) electrons. The Hall–Kier alpha value is -4.11. The Morgan fingerprint density at radius 2 is 1.10 bits per heavy atom. The molecule has 0 spiro atoms. The molecule has 0 amide bonds. The predicted octanol–water partition coefficient (Wildman–Crippen LogP) is 6.67. The van der Waals surface area contributed by atoms with Crippen LogP contribution in [0, 0.1) is 0 Å². The first-order chi connectivity index (χ1) is 14.8. The highest BCUT2D eigenvalue weighted by atomic mass is 14.8. The monoisotopic (exact) mass is 383 g/mol. The number of rotatable bonds is 2. The summed E-state index contributed by atoms with van der Waals surface area (Å²) in [6.07, 6.45) is 3.43. The Labute approximate surface area is 173 Å². The molecule has 0 unspecified atom stereocenters. The van der Waals surface area contributed by atoms with E-state index in [1.165, 1.54) is 21.9 Å². The van der Waals surface area contributed by atoms with Crippen molar-refractivity contribution in [2.45, 2.75) is 0 Å². The second-order valence-corrected chi connectivity index (χ2v) is 7.43. The van der Waals surface area contributed by atoms with Crippen molar-refractivity contribution in [2.75, 3.05) is 0 Å². The number of benzene rings is 4. The SMILES string of the molecule is c1ccc2cc(-c3ccc4nc(-c5ccc6nccnc6c5)ccc4c3)ccc2c1. The fraction of sp³-hybridized carbons (Fsp3) is 0. The molecule has 3 nitrogen and oxygen atoms in total. The molecule has 6 rings (SSSR count). The number of pyridine rings is 1. The molecule has 0 N–H and O–H groups in total. The molecule has 6 aromatic rings. The standard InChI is InChI=1S/C27H17N3/c1-2-4-19-15-20(6-5-18(19)3-1)21-7-10-24-22(16-21)8-11-25(30-24)23-9-12-26-27(17-23)29-14-13-28-26/h1-17H. The van der Waals surface area contributed by atoms with E-state index in [-0.39, 0.29) is 0 Å². The van der Waals surface area contributed by atoms with Crippen molar-refractivity contribution >= 4 is 32.7 Å². The van der Waals surface area contributed by atoms with Gasteiger partial charge in [0.1, 0.15) is 0 Å². The molecular weight excluding hydrogens is 366 g/mol. The first-order valence-corrected chi connectivity index (χ1v) is 9.95. The molecule has 0 fully saturated rings. The average molecular weight is 383 g/mol. The van der Waals surface area contributed by atoms with Crippen LogP contribution in [-0.4, -0.2) is 15.0 Å². The van der Waals surface area contributed by atoms with Crippen LogP contribution in [0.5, 0.6) is 0 Å². The molecule has 2 aromatic heterocycles. The fourth-order valence-corrected chi connectivity index (χ4v) is 3.96. The quantitative estimate of drug-likeness (QED) is 0.335. The molecule has 0 bridgehead atoms. The van der Waals surface area contributed by atoms with Crippen LogP contribution in [0.1, 0.15) is 0 Å². The third kappa shape index (κ3) is 2.88. The summed E-state index contributed by atoms with van der Waals surface area (Å²) >= 11 is 0. The molecule has 140 valence electrons. The maximum absolute atomic E-state index is 4.89. The van der Waals surface area contributed by atoms with Gasteiger partial charge < -0.3 is 0 Å². The lowest BCUT2D eigenvalue weighted by Gasteiger charge is -2.08. The van der Waals surface area contributed by atoms with E-state index < -0.39 is 0 Å². The highest BCUT2D eigenvalue weighted by Gasteiger charge is 2.06. The van der Waals surface area contributed by atoms with E-state index in [0.29, 0.717) is 0 Å². The highest BCUT2D eigenvalue weighted by molar-refractivity contribution is 5.91. The molecule has 0 aliphatic rings. The number of aromatic nitrogens is 3. The normalized spacial score (nSPS) is 11.3. The van der Waals surface area contributed by atoms with Crippen molar-refractivity contribution in [2.24, 2.45) is 0 Å². The van der Waals surface area contributed by atoms with Gasteiger partial charge in [-0.2, -0.15) is 0 Å². The van der Waals surface area contributed by atoms with Crippen molar-refractivity contribution in [1.29, 1.82) is 0 Å². The van der Waals surface area contributed by atoms with Gasteiger partial charge in [0.2, 0.25) is 0 Å². The second-order valence-electron chi connectivity index (χ2n) is 7.43. The number of hydrogen-bond donors (Lipinski definition) is 0. The van der Waals surface area contributed by atoms with Crippen molar-refractivity contribution < 1.29 is 0 Å². The molecule has 3 heteroatoms. The lowest BCUT2D eigenvalue weighted by atomic mass is 9.99. The van der Waals surface area contributed by atoms with Crippen molar-refractivity contribution in [1.82, 2.24) is 15.0 Å². The average Bonchev–Trinajstić information content (AvgIpc) is 2.83. The maximum Gasteiger partial charge on any atom is 0.0893 e. The zero-order chi connectivity index (χ0) is 19.9. The molecule has 0 aliphatic carbocycles. The summed E-state index contributed by atoms with van der Waals surface area (Å²) in [5, 5.41) is 3.64. The number of nitrogens with zero attached hydrogens (tertiary/aromatic N) is 3. The largest absolute Gasteiger partial charge is 0.253 e. The zero-order valence-corrected chi connectivity index (χ0v) is 16.2.